The van der Waals surface area contributed by atoms with Crippen LogP contribution in [0.5, 0.6) is 5.75 Å². The van der Waals surface area contributed by atoms with Crippen molar-refractivity contribution in [2.24, 2.45) is 0 Å². The molecule has 0 radical (unpaired) electrons. The van der Waals surface area contributed by atoms with Crippen LogP contribution in [0.2, 0.25) is 0 Å². The maximum absolute atomic E-state index is 12.2. The number of nitrogens with zero attached hydrogens (tertiary/aromatic N) is 1. The van der Waals surface area contributed by atoms with Gasteiger partial charge in [0.2, 0.25) is 0 Å². The molecule has 0 saturated heterocycles. The number of carbonyl (C=O) groups excluding carboxylic acids is 1. The minimum absolute atomic E-state index is 0.0600. The Bertz CT molecular complexity index is 998. The van der Waals surface area contributed by atoms with Gasteiger partial charge in [-0.2, -0.15) is 5.26 Å². The van der Waals surface area contributed by atoms with Gasteiger partial charge in [0.25, 0.3) is 5.91 Å². The van der Waals surface area contributed by atoms with Gasteiger partial charge >= 0.3 is 0 Å². The van der Waals surface area contributed by atoms with Crippen LogP contribution in [0.3, 0.4) is 0 Å². The topological polar surface area (TPSA) is 85.2 Å². The Morgan fingerprint density at radius 2 is 1.64 bits per heavy atom. The molecule has 0 heterocycles. The van der Waals surface area contributed by atoms with Crippen molar-refractivity contribution >= 4 is 28.1 Å². The fraction of sp³-hybridized carbons (Fsp3) is 0. The molecule has 0 fully saturated rings. The van der Waals surface area contributed by atoms with E-state index in [-0.39, 0.29) is 17.0 Å². The molecule has 3 aromatic carbocycles. The number of benzene rings is 3. The Morgan fingerprint density at radius 1 is 0.960 bits per heavy atom. The fourth-order valence-electron chi connectivity index (χ4n) is 2.42. The summed E-state index contributed by atoms with van der Waals surface area (Å²) >= 11 is 0. The van der Waals surface area contributed by atoms with Crippen LogP contribution in [0.25, 0.3) is 10.8 Å². The van der Waals surface area contributed by atoms with E-state index in [0.29, 0.717) is 0 Å². The monoisotopic (exact) mass is 329 g/mol. The van der Waals surface area contributed by atoms with Gasteiger partial charge in [-0.3, -0.25) is 4.79 Å². The van der Waals surface area contributed by atoms with Gasteiger partial charge < -0.3 is 15.7 Å². The standard InChI is InChI=1S/C20H15N3O2/c21-12-15(20(25)23-18-9-3-4-11-19(18)24)13-22-17-10-5-7-14-6-1-2-8-16(14)17/h1-11,13,22,24H,(H,23,25)/b15-13-. The van der Waals surface area contributed by atoms with E-state index in [1.54, 1.807) is 18.2 Å². The summed E-state index contributed by atoms with van der Waals surface area (Å²) in [5, 5.41) is 26.5. The molecular weight excluding hydrogens is 314 g/mol. The van der Waals surface area contributed by atoms with E-state index in [4.69, 9.17) is 0 Å². The number of phenolic OH excluding ortho intramolecular Hbond substituents is 1. The number of amides is 1. The highest BCUT2D eigenvalue weighted by Crippen LogP contribution is 2.24. The van der Waals surface area contributed by atoms with E-state index in [9.17, 15) is 15.2 Å². The number of nitrogens with one attached hydrogen (secondary N) is 2. The molecule has 1 amide bonds. The molecule has 0 atom stereocenters. The van der Waals surface area contributed by atoms with Crippen LogP contribution >= 0.6 is 0 Å². The normalized spacial score (nSPS) is 10.9. The van der Waals surface area contributed by atoms with Crippen LogP contribution < -0.4 is 10.6 Å². The number of aromatic hydroxyl groups is 1. The molecule has 0 aliphatic heterocycles. The summed E-state index contributed by atoms with van der Waals surface area (Å²) in [6.07, 6.45) is 1.36. The van der Waals surface area contributed by atoms with Crippen molar-refractivity contribution in [3.8, 4) is 11.8 Å². The SMILES string of the molecule is N#C/C(=C/Nc1cccc2ccccc12)C(=O)Nc1ccccc1O. The second kappa shape index (κ2) is 7.20. The van der Waals surface area contributed by atoms with Crippen molar-refractivity contribution in [2.75, 3.05) is 10.6 Å². The lowest BCUT2D eigenvalue weighted by atomic mass is 10.1. The van der Waals surface area contributed by atoms with Gasteiger partial charge in [-0.25, -0.2) is 0 Å². The number of fused-ring (bicyclic) bond motifs is 1. The average Bonchev–Trinajstić information content (AvgIpc) is 2.64. The summed E-state index contributed by atoms with van der Waals surface area (Å²) in [5.41, 5.74) is 0.941. The Morgan fingerprint density at radius 3 is 2.44 bits per heavy atom. The van der Waals surface area contributed by atoms with Crippen molar-refractivity contribution in [3.63, 3.8) is 0 Å². The molecule has 0 aromatic heterocycles. The molecule has 3 rings (SSSR count). The first-order valence-electron chi connectivity index (χ1n) is 7.63. The van der Waals surface area contributed by atoms with Crippen molar-refractivity contribution in [3.05, 3.63) is 78.5 Å². The molecule has 3 N–H and O–H groups in total. The number of hydrogen-bond acceptors (Lipinski definition) is 4. The van der Waals surface area contributed by atoms with Crippen molar-refractivity contribution in [1.82, 2.24) is 0 Å². The molecule has 0 aliphatic carbocycles. The summed E-state index contributed by atoms with van der Waals surface area (Å²) in [5.74, 6) is -0.660. The number of phenols is 1. The van der Waals surface area contributed by atoms with E-state index in [2.05, 4.69) is 10.6 Å². The van der Waals surface area contributed by atoms with Gasteiger partial charge in [0.15, 0.2) is 0 Å². The van der Waals surface area contributed by atoms with Crippen LogP contribution in [-0.2, 0) is 4.79 Å². The van der Waals surface area contributed by atoms with Crippen LogP contribution in [0.4, 0.5) is 11.4 Å². The first-order chi connectivity index (χ1) is 12.2. The van der Waals surface area contributed by atoms with Gasteiger partial charge in [-0.1, -0.05) is 48.5 Å². The number of anilines is 2. The third-order valence-electron chi connectivity index (χ3n) is 3.68. The maximum atomic E-state index is 12.2. The van der Waals surface area contributed by atoms with Crippen LogP contribution in [0.1, 0.15) is 0 Å². The van der Waals surface area contributed by atoms with E-state index in [1.165, 1.54) is 12.3 Å². The Balaban J connectivity index is 1.82. The summed E-state index contributed by atoms with van der Waals surface area (Å²) in [6, 6.07) is 21.8. The smallest absolute Gasteiger partial charge is 0.267 e. The van der Waals surface area contributed by atoms with Crippen LogP contribution in [0.15, 0.2) is 78.5 Å². The lowest BCUT2D eigenvalue weighted by Gasteiger charge is -2.08. The Kier molecular flexibility index (Phi) is 4.63. The predicted molar refractivity (Wildman–Crippen MR) is 98.0 cm³/mol. The fourth-order valence-corrected chi connectivity index (χ4v) is 2.42. The highest BCUT2D eigenvalue weighted by Gasteiger charge is 2.11. The molecule has 0 unspecified atom stereocenters. The zero-order valence-corrected chi connectivity index (χ0v) is 13.2. The third kappa shape index (κ3) is 3.59. The van der Waals surface area contributed by atoms with Crippen molar-refractivity contribution in [1.29, 1.82) is 5.26 Å². The average molecular weight is 329 g/mol. The Labute approximate surface area is 144 Å². The molecule has 0 aliphatic rings. The van der Waals surface area contributed by atoms with E-state index >= 15 is 0 Å². The number of rotatable bonds is 4. The van der Waals surface area contributed by atoms with Gasteiger partial charge in [-0.15, -0.1) is 0 Å². The second-order valence-corrected chi connectivity index (χ2v) is 5.31. The summed E-state index contributed by atoms with van der Waals surface area (Å²) in [6.45, 7) is 0. The minimum atomic E-state index is -0.600. The van der Waals surface area contributed by atoms with Crippen molar-refractivity contribution in [2.45, 2.75) is 0 Å². The van der Waals surface area contributed by atoms with Gasteiger partial charge in [0.05, 0.1) is 5.69 Å². The molecule has 122 valence electrons. The zero-order valence-electron chi connectivity index (χ0n) is 13.2. The van der Waals surface area contributed by atoms with Gasteiger partial charge in [-0.05, 0) is 23.6 Å². The largest absolute Gasteiger partial charge is 0.506 e. The second-order valence-electron chi connectivity index (χ2n) is 5.31. The van der Waals surface area contributed by atoms with E-state index in [1.807, 2.05) is 48.5 Å². The number of hydrogen-bond donors (Lipinski definition) is 3. The molecule has 25 heavy (non-hydrogen) atoms. The molecule has 5 nitrogen and oxygen atoms in total. The summed E-state index contributed by atoms with van der Waals surface area (Å²) in [4.78, 5) is 12.2. The van der Waals surface area contributed by atoms with Crippen LogP contribution in [0, 0.1) is 11.3 Å². The highest BCUT2D eigenvalue weighted by atomic mass is 16.3. The molecule has 3 aromatic rings. The molecule has 0 saturated carbocycles. The predicted octanol–water partition coefficient (Wildman–Crippen LogP) is 4.00. The lowest BCUT2D eigenvalue weighted by Crippen LogP contribution is -2.14. The highest BCUT2D eigenvalue weighted by molar-refractivity contribution is 6.07. The number of nitriles is 1. The maximum Gasteiger partial charge on any atom is 0.267 e. The summed E-state index contributed by atoms with van der Waals surface area (Å²) in [7, 11) is 0. The molecule has 0 spiro atoms. The molecular formula is C20H15N3O2. The zero-order chi connectivity index (χ0) is 17.6. The lowest BCUT2D eigenvalue weighted by molar-refractivity contribution is -0.112. The van der Waals surface area contributed by atoms with Crippen LogP contribution in [-0.4, -0.2) is 11.0 Å². The summed E-state index contributed by atoms with van der Waals surface area (Å²) < 4.78 is 0. The molecule has 5 heteroatoms. The quantitative estimate of drug-likeness (QED) is 0.384. The number of para-hydroxylation sites is 2. The molecule has 0 bridgehead atoms. The number of carbonyl (C=O) groups is 1. The minimum Gasteiger partial charge on any atom is -0.506 e. The van der Waals surface area contributed by atoms with E-state index < -0.39 is 5.91 Å². The first-order valence-corrected chi connectivity index (χ1v) is 7.63. The first kappa shape index (κ1) is 16.1. The van der Waals surface area contributed by atoms with E-state index in [0.717, 1.165) is 16.5 Å². The van der Waals surface area contributed by atoms with Gasteiger partial charge in [0.1, 0.15) is 17.4 Å². The van der Waals surface area contributed by atoms with Crippen molar-refractivity contribution < 1.29 is 9.90 Å². The van der Waals surface area contributed by atoms with Gasteiger partial charge in [0, 0.05) is 17.3 Å². The Hall–Kier alpha value is -3.78. The third-order valence-corrected chi connectivity index (χ3v) is 3.68.